The van der Waals surface area contributed by atoms with Crippen LogP contribution in [0.3, 0.4) is 0 Å². The molecule has 0 aliphatic heterocycles. The molecule has 0 unspecified atom stereocenters. The predicted octanol–water partition coefficient (Wildman–Crippen LogP) is 6.21. The molecule has 3 nitrogen and oxygen atoms in total. The van der Waals surface area contributed by atoms with Crippen LogP contribution in [-0.2, 0) is 4.74 Å². The summed E-state index contributed by atoms with van der Waals surface area (Å²) >= 11 is 0. The molecule has 31 heavy (non-hydrogen) atoms. The molecule has 0 aromatic rings. The Morgan fingerprint density at radius 3 is 2.35 bits per heavy atom. The first kappa shape index (κ1) is 24.0. The number of ether oxygens (including phenoxy) is 1. The van der Waals surface area contributed by atoms with E-state index in [-0.39, 0.29) is 0 Å². The Bertz CT molecular complexity index is 641. The molecular weight excluding hydrogens is 384 g/mol. The maximum atomic E-state index is 11.1. The van der Waals surface area contributed by atoms with Gasteiger partial charge in [-0.2, -0.15) is 0 Å². The summed E-state index contributed by atoms with van der Waals surface area (Å²) in [6.45, 7) is 12.1. The van der Waals surface area contributed by atoms with E-state index in [0.717, 1.165) is 49.4 Å². The van der Waals surface area contributed by atoms with E-state index >= 15 is 0 Å². The van der Waals surface area contributed by atoms with Gasteiger partial charge in [0.2, 0.25) is 0 Å². The van der Waals surface area contributed by atoms with Crippen LogP contribution in [-0.4, -0.2) is 35.1 Å². The summed E-state index contributed by atoms with van der Waals surface area (Å²) in [5, 5.41) is 21.3. The highest BCUT2D eigenvalue weighted by atomic mass is 16.5. The van der Waals surface area contributed by atoms with E-state index in [9.17, 15) is 10.2 Å². The Kier molecular flexibility index (Phi) is 6.41. The van der Waals surface area contributed by atoms with E-state index in [1.54, 1.807) is 7.11 Å². The molecule has 9 atom stereocenters. The van der Waals surface area contributed by atoms with Crippen molar-refractivity contribution >= 4 is 0 Å². The molecule has 4 fully saturated rings. The fourth-order valence-corrected chi connectivity index (χ4v) is 9.48. The van der Waals surface area contributed by atoms with E-state index in [0.29, 0.717) is 29.3 Å². The van der Waals surface area contributed by atoms with Crippen molar-refractivity contribution in [2.45, 2.75) is 116 Å². The van der Waals surface area contributed by atoms with Gasteiger partial charge in [0.1, 0.15) is 0 Å². The topological polar surface area (TPSA) is 49.7 Å². The lowest BCUT2D eigenvalue weighted by Crippen LogP contribution is -2.56. The maximum absolute atomic E-state index is 11.1. The van der Waals surface area contributed by atoms with Crippen LogP contribution in [0.5, 0.6) is 0 Å². The third kappa shape index (κ3) is 4.26. The van der Waals surface area contributed by atoms with Crippen LogP contribution in [0.15, 0.2) is 0 Å². The van der Waals surface area contributed by atoms with Gasteiger partial charge >= 0.3 is 0 Å². The lowest BCUT2D eigenvalue weighted by atomic mass is 9.43. The smallest absolute Gasteiger partial charge is 0.0883 e. The van der Waals surface area contributed by atoms with Crippen molar-refractivity contribution in [3.63, 3.8) is 0 Å². The summed E-state index contributed by atoms with van der Waals surface area (Å²) in [5.74, 6) is 4.82. The predicted molar refractivity (Wildman–Crippen MR) is 127 cm³/mol. The van der Waals surface area contributed by atoms with Crippen molar-refractivity contribution in [3.05, 3.63) is 0 Å². The molecule has 0 heterocycles. The van der Waals surface area contributed by atoms with Gasteiger partial charge < -0.3 is 14.9 Å². The van der Waals surface area contributed by atoms with E-state index in [4.69, 9.17) is 4.74 Å². The van der Waals surface area contributed by atoms with Gasteiger partial charge in [-0.25, -0.2) is 0 Å². The van der Waals surface area contributed by atoms with Crippen LogP contribution in [0, 0.1) is 46.3 Å². The van der Waals surface area contributed by atoms with Crippen LogP contribution < -0.4 is 0 Å². The second-order valence-corrected chi connectivity index (χ2v) is 13.6. The highest BCUT2D eigenvalue weighted by Crippen LogP contribution is 2.68. The minimum Gasteiger partial charge on any atom is -0.390 e. The molecule has 0 aromatic carbocycles. The second kappa shape index (κ2) is 8.27. The first-order valence-electron chi connectivity index (χ1n) is 13.4. The Balaban J connectivity index is 1.47. The fourth-order valence-electron chi connectivity index (χ4n) is 9.48. The van der Waals surface area contributed by atoms with Crippen molar-refractivity contribution in [1.29, 1.82) is 0 Å². The molecule has 0 radical (unpaired) electrons. The Labute approximate surface area is 191 Å². The zero-order valence-electron chi connectivity index (χ0n) is 21.3. The van der Waals surface area contributed by atoms with Gasteiger partial charge in [-0.05, 0) is 131 Å². The summed E-state index contributed by atoms with van der Waals surface area (Å²) < 4.78 is 5.38. The van der Waals surface area contributed by atoms with E-state index in [2.05, 4.69) is 20.8 Å². The highest BCUT2D eigenvalue weighted by molar-refractivity contribution is 5.11. The minimum atomic E-state index is -0.594. The third-order valence-corrected chi connectivity index (χ3v) is 11.2. The summed E-state index contributed by atoms with van der Waals surface area (Å²) in [5.41, 5.74) is -0.226. The molecule has 4 rings (SSSR count). The Morgan fingerprint density at radius 2 is 1.68 bits per heavy atom. The monoisotopic (exact) mass is 434 g/mol. The maximum Gasteiger partial charge on any atom is 0.0883 e. The molecule has 0 amide bonds. The average Bonchev–Trinajstić information content (AvgIpc) is 3.04. The van der Waals surface area contributed by atoms with Crippen LogP contribution in [0.25, 0.3) is 0 Å². The molecule has 0 saturated heterocycles. The zero-order chi connectivity index (χ0) is 22.7. The summed E-state index contributed by atoms with van der Waals surface area (Å²) in [7, 11) is 1.73. The second-order valence-electron chi connectivity index (χ2n) is 13.6. The molecule has 4 saturated carbocycles. The first-order chi connectivity index (χ1) is 14.4. The van der Waals surface area contributed by atoms with Crippen molar-refractivity contribution in [1.82, 2.24) is 0 Å². The van der Waals surface area contributed by atoms with Gasteiger partial charge in [-0.15, -0.1) is 0 Å². The third-order valence-electron chi connectivity index (χ3n) is 11.2. The molecule has 0 bridgehead atoms. The van der Waals surface area contributed by atoms with Crippen molar-refractivity contribution in [2.75, 3.05) is 13.7 Å². The van der Waals surface area contributed by atoms with Crippen molar-refractivity contribution in [2.24, 2.45) is 46.3 Å². The lowest BCUT2D eigenvalue weighted by Gasteiger charge is -2.62. The van der Waals surface area contributed by atoms with Crippen molar-refractivity contribution < 1.29 is 14.9 Å². The quantitative estimate of drug-likeness (QED) is 0.522. The molecule has 4 aliphatic rings. The van der Waals surface area contributed by atoms with Gasteiger partial charge in [0.15, 0.2) is 0 Å². The van der Waals surface area contributed by atoms with Crippen LogP contribution in [0.1, 0.15) is 105 Å². The molecule has 2 N–H and O–H groups in total. The Hall–Kier alpha value is -0.120. The van der Waals surface area contributed by atoms with Gasteiger partial charge in [0.25, 0.3) is 0 Å². The highest BCUT2D eigenvalue weighted by Gasteiger charge is 2.61. The number of methoxy groups -OCH3 is 1. The minimum absolute atomic E-state index is 0.412. The molecule has 3 heteroatoms. The number of aliphatic hydroxyl groups is 2. The Morgan fingerprint density at radius 1 is 0.968 bits per heavy atom. The van der Waals surface area contributed by atoms with Crippen molar-refractivity contribution in [3.8, 4) is 0 Å². The number of rotatable bonds is 6. The molecule has 0 aromatic heterocycles. The fraction of sp³-hybridized carbons (Fsp3) is 1.00. The summed E-state index contributed by atoms with van der Waals surface area (Å²) in [6.07, 6.45) is 13.4. The number of fused-ring (bicyclic) bond motifs is 5. The molecule has 4 aliphatic carbocycles. The van der Waals surface area contributed by atoms with E-state index in [1.165, 1.54) is 44.9 Å². The standard InChI is InChI=1S/C28H50O3/c1-19(11-13-25(2,3)29)22-9-10-23-21-8-7-20-17-28(30,18-31-6)16-15-26(20,4)24(21)12-14-27(22,23)5/h19-24,29-30H,7-18H2,1-6H3/t19-,20+,21+,22-,23+,24+,26+,27-,28+/m1/s1. The van der Waals surface area contributed by atoms with Crippen LogP contribution in [0.4, 0.5) is 0 Å². The largest absolute Gasteiger partial charge is 0.390 e. The van der Waals surface area contributed by atoms with Gasteiger partial charge in [0.05, 0.1) is 17.8 Å². The molecule has 180 valence electrons. The zero-order valence-corrected chi connectivity index (χ0v) is 21.3. The summed E-state index contributed by atoms with van der Waals surface area (Å²) in [4.78, 5) is 0. The first-order valence-corrected chi connectivity index (χ1v) is 13.4. The van der Waals surface area contributed by atoms with Crippen LogP contribution in [0.2, 0.25) is 0 Å². The average molecular weight is 435 g/mol. The van der Waals surface area contributed by atoms with Gasteiger partial charge in [0, 0.05) is 7.11 Å². The van der Waals surface area contributed by atoms with Gasteiger partial charge in [-0.3, -0.25) is 0 Å². The lowest BCUT2D eigenvalue weighted by molar-refractivity contribution is -0.163. The molecule has 0 spiro atoms. The number of hydrogen-bond donors (Lipinski definition) is 2. The van der Waals surface area contributed by atoms with Gasteiger partial charge in [-0.1, -0.05) is 20.8 Å². The molecular formula is C28H50O3. The SMILES string of the molecule is COC[C@]1(O)CC[C@@]2(C)[C@@H](CC[C@@H]3[C@@H]2CC[C@]2(C)[C@@H]([C@H](C)CCC(C)(C)O)CC[C@@H]32)C1. The normalized spacial score (nSPS) is 48.6. The van der Waals surface area contributed by atoms with Crippen LogP contribution >= 0.6 is 0 Å². The number of hydrogen-bond acceptors (Lipinski definition) is 3. The van der Waals surface area contributed by atoms with E-state index in [1.807, 2.05) is 13.8 Å². The van der Waals surface area contributed by atoms with E-state index < -0.39 is 11.2 Å². The summed E-state index contributed by atoms with van der Waals surface area (Å²) in [6, 6.07) is 0.